The second-order valence-electron chi connectivity index (χ2n) is 6.21. The van der Waals surface area contributed by atoms with Crippen molar-refractivity contribution in [2.75, 3.05) is 34.8 Å². The van der Waals surface area contributed by atoms with Crippen LogP contribution in [0.3, 0.4) is 0 Å². The number of nitrogens with zero attached hydrogens (tertiary/aromatic N) is 2. The van der Waals surface area contributed by atoms with E-state index in [1.54, 1.807) is 23.3 Å². The molecule has 6 heteroatoms. The van der Waals surface area contributed by atoms with Crippen LogP contribution in [0.1, 0.15) is 29.4 Å². The maximum absolute atomic E-state index is 12.6. The summed E-state index contributed by atoms with van der Waals surface area (Å²) in [5.41, 5.74) is 1.06. The van der Waals surface area contributed by atoms with Crippen molar-refractivity contribution in [2.45, 2.75) is 19.0 Å². The van der Waals surface area contributed by atoms with Crippen LogP contribution in [0.2, 0.25) is 0 Å². The number of carbonyl (C=O) groups excluding carboxylic acids is 1. The smallest absolute Gasteiger partial charge is 0.317 e. The average molecular weight is 362 g/mol. The van der Waals surface area contributed by atoms with Gasteiger partial charge in [-0.25, -0.2) is 4.79 Å². The maximum atomic E-state index is 12.6. The molecule has 0 bridgehead atoms. The zero-order chi connectivity index (χ0) is 18.4. The van der Waals surface area contributed by atoms with E-state index >= 15 is 0 Å². The van der Waals surface area contributed by atoms with Gasteiger partial charge in [0.05, 0.1) is 19.2 Å². The number of nitrogens with one attached hydrogen (secondary N) is 1. The number of likely N-dealkylation sites (N-methyl/N-ethyl adjacent to an activating group) is 1. The lowest BCUT2D eigenvalue weighted by molar-refractivity contribution is 0.189. The van der Waals surface area contributed by atoms with Gasteiger partial charge in [0.25, 0.3) is 0 Å². The second kappa shape index (κ2) is 8.87. The molecular weight excluding hydrogens is 334 g/mol. The highest BCUT2D eigenvalue weighted by Crippen LogP contribution is 2.28. The Morgan fingerprint density at radius 3 is 2.52 bits per heavy atom. The van der Waals surface area contributed by atoms with Crippen molar-refractivity contribution in [1.29, 1.82) is 0 Å². The van der Waals surface area contributed by atoms with E-state index in [2.05, 4.69) is 16.3 Å². The summed E-state index contributed by atoms with van der Waals surface area (Å²) in [6.45, 7) is 2.54. The third-order valence-corrected chi connectivity index (χ3v) is 5.47. The topological polar surface area (TPSA) is 44.8 Å². The summed E-state index contributed by atoms with van der Waals surface area (Å²) in [4.78, 5) is 17.6. The summed E-state index contributed by atoms with van der Waals surface area (Å²) in [7, 11) is 7.50. The van der Waals surface area contributed by atoms with Crippen LogP contribution < -0.4 is 10.1 Å². The standard InChI is InChI=1S/C19H27N3O2S/c1-14(18-11-8-12-25-18)22(4)19(23)20-13-16(21(2)3)15-9-6-7-10-17(15)24-5/h6-12,14,16H,13H2,1-5H3,(H,20,23). The zero-order valence-corrected chi connectivity index (χ0v) is 16.3. The first-order valence-corrected chi connectivity index (χ1v) is 9.17. The molecule has 0 aliphatic heterocycles. The van der Waals surface area contributed by atoms with Crippen LogP contribution in [-0.4, -0.2) is 50.6 Å². The molecule has 2 unspecified atom stereocenters. The Morgan fingerprint density at radius 1 is 1.20 bits per heavy atom. The molecule has 0 saturated heterocycles. The van der Waals surface area contributed by atoms with Gasteiger partial charge in [-0.15, -0.1) is 11.3 Å². The van der Waals surface area contributed by atoms with Gasteiger partial charge in [-0.05, 0) is 38.5 Å². The van der Waals surface area contributed by atoms with Gasteiger partial charge in [0, 0.05) is 24.0 Å². The lowest BCUT2D eigenvalue weighted by Gasteiger charge is -2.29. The highest BCUT2D eigenvalue weighted by Gasteiger charge is 2.22. The molecule has 2 rings (SSSR count). The van der Waals surface area contributed by atoms with Gasteiger partial charge in [-0.1, -0.05) is 24.3 Å². The molecule has 1 N–H and O–H groups in total. The molecule has 1 aromatic heterocycles. The van der Waals surface area contributed by atoms with Crippen molar-refractivity contribution in [3.05, 3.63) is 52.2 Å². The van der Waals surface area contributed by atoms with Crippen LogP contribution in [0.15, 0.2) is 41.8 Å². The molecule has 0 fully saturated rings. The zero-order valence-electron chi connectivity index (χ0n) is 15.5. The van der Waals surface area contributed by atoms with Crippen molar-refractivity contribution in [3.63, 3.8) is 0 Å². The normalized spacial score (nSPS) is 13.4. The number of benzene rings is 1. The van der Waals surface area contributed by atoms with Crippen molar-refractivity contribution < 1.29 is 9.53 Å². The Labute approximate surface area is 154 Å². The number of ether oxygens (including phenoxy) is 1. The van der Waals surface area contributed by atoms with Gasteiger partial charge in [0.2, 0.25) is 0 Å². The minimum absolute atomic E-state index is 0.0329. The van der Waals surface area contributed by atoms with E-state index in [1.807, 2.05) is 63.8 Å². The van der Waals surface area contributed by atoms with E-state index in [9.17, 15) is 4.79 Å². The largest absolute Gasteiger partial charge is 0.496 e. The highest BCUT2D eigenvalue weighted by atomic mass is 32.1. The fourth-order valence-corrected chi connectivity index (χ4v) is 3.54. The number of rotatable bonds is 7. The number of thiophene rings is 1. The van der Waals surface area contributed by atoms with Crippen LogP contribution in [0.25, 0.3) is 0 Å². The molecule has 5 nitrogen and oxygen atoms in total. The van der Waals surface area contributed by atoms with E-state index in [-0.39, 0.29) is 18.1 Å². The average Bonchev–Trinajstić information content (AvgIpc) is 3.15. The van der Waals surface area contributed by atoms with Crippen LogP contribution in [0.4, 0.5) is 4.79 Å². The van der Waals surface area contributed by atoms with Crippen LogP contribution in [0.5, 0.6) is 5.75 Å². The van der Waals surface area contributed by atoms with Crippen molar-refractivity contribution in [1.82, 2.24) is 15.1 Å². The number of amides is 2. The monoisotopic (exact) mass is 361 g/mol. The van der Waals surface area contributed by atoms with E-state index in [1.165, 1.54) is 4.88 Å². The van der Waals surface area contributed by atoms with E-state index in [0.29, 0.717) is 6.54 Å². The molecule has 1 heterocycles. The fraction of sp³-hybridized carbons (Fsp3) is 0.421. The van der Waals surface area contributed by atoms with E-state index in [4.69, 9.17) is 4.74 Å². The predicted octanol–water partition coefficient (Wildman–Crippen LogP) is 3.76. The molecular formula is C19H27N3O2S. The lowest BCUT2D eigenvalue weighted by atomic mass is 10.0. The number of para-hydroxylation sites is 1. The molecule has 1 aromatic carbocycles. The summed E-state index contributed by atoms with van der Waals surface area (Å²) in [6.07, 6.45) is 0. The van der Waals surface area contributed by atoms with Gasteiger partial charge in [0.1, 0.15) is 5.75 Å². The number of carbonyl (C=O) groups is 1. The van der Waals surface area contributed by atoms with Gasteiger partial charge < -0.3 is 19.9 Å². The van der Waals surface area contributed by atoms with E-state index in [0.717, 1.165) is 11.3 Å². The van der Waals surface area contributed by atoms with Crippen molar-refractivity contribution in [2.24, 2.45) is 0 Å². The number of urea groups is 1. The predicted molar refractivity (Wildman–Crippen MR) is 103 cm³/mol. The third-order valence-electron chi connectivity index (χ3n) is 4.42. The maximum Gasteiger partial charge on any atom is 0.317 e. The Morgan fingerprint density at radius 2 is 1.92 bits per heavy atom. The van der Waals surface area contributed by atoms with Crippen LogP contribution >= 0.6 is 11.3 Å². The summed E-state index contributed by atoms with van der Waals surface area (Å²) >= 11 is 1.66. The first-order chi connectivity index (χ1) is 12.0. The Balaban J connectivity index is 2.04. The molecule has 0 spiro atoms. The molecule has 2 atom stereocenters. The van der Waals surface area contributed by atoms with Crippen molar-refractivity contribution in [3.8, 4) is 5.75 Å². The van der Waals surface area contributed by atoms with Crippen LogP contribution in [0, 0.1) is 0 Å². The molecule has 2 aromatic rings. The van der Waals surface area contributed by atoms with Gasteiger partial charge in [-0.3, -0.25) is 0 Å². The molecule has 25 heavy (non-hydrogen) atoms. The summed E-state index contributed by atoms with van der Waals surface area (Å²) in [5.74, 6) is 0.829. The molecule has 0 aliphatic rings. The molecule has 136 valence electrons. The minimum atomic E-state index is -0.0809. The number of hydrogen-bond acceptors (Lipinski definition) is 4. The van der Waals surface area contributed by atoms with E-state index < -0.39 is 0 Å². The van der Waals surface area contributed by atoms with Crippen molar-refractivity contribution >= 4 is 17.4 Å². The fourth-order valence-electron chi connectivity index (χ4n) is 2.72. The Kier molecular flexibility index (Phi) is 6.84. The third kappa shape index (κ3) is 4.74. The quantitative estimate of drug-likeness (QED) is 0.817. The van der Waals surface area contributed by atoms with Gasteiger partial charge in [-0.2, -0.15) is 0 Å². The molecule has 0 saturated carbocycles. The molecule has 2 amide bonds. The summed E-state index contributed by atoms with van der Waals surface area (Å²) in [5, 5.41) is 5.08. The number of hydrogen-bond donors (Lipinski definition) is 1. The summed E-state index contributed by atoms with van der Waals surface area (Å²) in [6, 6.07) is 12.0. The Hall–Kier alpha value is -2.05. The lowest BCUT2D eigenvalue weighted by Crippen LogP contribution is -2.42. The SMILES string of the molecule is COc1ccccc1C(CNC(=O)N(C)C(C)c1cccs1)N(C)C. The van der Waals surface area contributed by atoms with Gasteiger partial charge in [0.15, 0.2) is 0 Å². The molecule has 0 radical (unpaired) electrons. The highest BCUT2D eigenvalue weighted by molar-refractivity contribution is 7.10. The molecule has 0 aliphatic carbocycles. The first kappa shape index (κ1) is 19.3. The van der Waals surface area contributed by atoms with Gasteiger partial charge >= 0.3 is 6.03 Å². The van der Waals surface area contributed by atoms with Crippen LogP contribution in [-0.2, 0) is 0 Å². The first-order valence-electron chi connectivity index (χ1n) is 8.29. The summed E-state index contributed by atoms with van der Waals surface area (Å²) < 4.78 is 5.47. The minimum Gasteiger partial charge on any atom is -0.496 e. The Bertz CT molecular complexity index is 673. The second-order valence-corrected chi connectivity index (χ2v) is 7.19. The number of methoxy groups -OCH3 is 1.